The summed E-state index contributed by atoms with van der Waals surface area (Å²) in [4.78, 5) is 12.7. The number of hydrogen-bond acceptors (Lipinski definition) is 2. The maximum atomic E-state index is 12.7. The molecule has 2 aliphatic rings. The average Bonchev–Trinajstić information content (AvgIpc) is 2.62. The van der Waals surface area contributed by atoms with Gasteiger partial charge in [0.25, 0.3) is 0 Å². The highest BCUT2D eigenvalue weighted by atomic mass is 16.2. The fourth-order valence-corrected chi connectivity index (χ4v) is 3.93. The molecule has 3 heteroatoms. The van der Waals surface area contributed by atoms with E-state index in [1.54, 1.807) is 0 Å². The molecule has 1 aliphatic carbocycles. The van der Waals surface area contributed by atoms with Crippen LogP contribution >= 0.6 is 0 Å². The topological polar surface area (TPSA) is 41.1 Å². The first kappa shape index (κ1) is 15.5. The van der Waals surface area contributed by atoms with Crippen LogP contribution < -0.4 is 10.6 Å². The summed E-state index contributed by atoms with van der Waals surface area (Å²) in [6, 6.07) is 10.7. The third-order valence-electron chi connectivity index (χ3n) is 5.20. The van der Waals surface area contributed by atoms with Crippen LogP contribution in [0.15, 0.2) is 30.3 Å². The van der Waals surface area contributed by atoms with E-state index in [1.807, 2.05) is 6.07 Å². The van der Waals surface area contributed by atoms with Crippen molar-refractivity contribution in [3.05, 3.63) is 35.9 Å². The SMILES string of the molecule is O=C(NC(c1ccccc1)C1CCCCC1)C1CCCCN1. The zero-order chi connectivity index (χ0) is 15.2. The number of rotatable bonds is 4. The lowest BCUT2D eigenvalue weighted by Gasteiger charge is -2.33. The number of carbonyl (C=O) groups excluding carboxylic acids is 1. The Morgan fingerprint density at radius 3 is 2.41 bits per heavy atom. The molecule has 3 rings (SSSR count). The third kappa shape index (κ3) is 3.89. The molecule has 0 spiro atoms. The minimum absolute atomic E-state index is 0.00329. The van der Waals surface area contributed by atoms with Gasteiger partial charge in [0.2, 0.25) is 5.91 Å². The Kier molecular flexibility index (Phi) is 5.49. The third-order valence-corrected chi connectivity index (χ3v) is 5.20. The van der Waals surface area contributed by atoms with Gasteiger partial charge in [-0.2, -0.15) is 0 Å². The molecular formula is C19H28N2O. The molecule has 2 atom stereocenters. The van der Waals surface area contributed by atoms with Crippen molar-refractivity contribution in [2.24, 2.45) is 5.92 Å². The van der Waals surface area contributed by atoms with Gasteiger partial charge >= 0.3 is 0 Å². The standard InChI is InChI=1S/C19H28N2O/c22-19(17-13-7-8-14-20-17)21-18(15-9-3-1-4-10-15)16-11-5-2-6-12-16/h1,3-4,9-10,16-18,20H,2,5-8,11-14H2,(H,21,22). The van der Waals surface area contributed by atoms with Crippen LogP contribution in [0.3, 0.4) is 0 Å². The second-order valence-electron chi connectivity index (χ2n) is 6.80. The molecule has 1 aromatic carbocycles. The maximum Gasteiger partial charge on any atom is 0.237 e. The summed E-state index contributed by atoms with van der Waals surface area (Å²) in [5.74, 6) is 0.780. The van der Waals surface area contributed by atoms with Gasteiger partial charge in [-0.15, -0.1) is 0 Å². The van der Waals surface area contributed by atoms with Crippen LogP contribution in [0.2, 0.25) is 0 Å². The first-order valence-corrected chi connectivity index (χ1v) is 8.93. The highest BCUT2D eigenvalue weighted by molar-refractivity contribution is 5.82. The summed E-state index contributed by atoms with van der Waals surface area (Å²) in [5.41, 5.74) is 1.26. The van der Waals surface area contributed by atoms with Gasteiger partial charge in [0, 0.05) is 0 Å². The van der Waals surface area contributed by atoms with Crippen molar-refractivity contribution in [2.75, 3.05) is 6.54 Å². The molecule has 1 saturated carbocycles. The molecule has 1 aromatic rings. The zero-order valence-corrected chi connectivity index (χ0v) is 13.4. The van der Waals surface area contributed by atoms with Crippen LogP contribution in [0.4, 0.5) is 0 Å². The molecule has 1 amide bonds. The van der Waals surface area contributed by atoms with Crippen molar-refractivity contribution in [3.63, 3.8) is 0 Å². The molecular weight excluding hydrogens is 272 g/mol. The van der Waals surface area contributed by atoms with Crippen molar-refractivity contribution in [1.29, 1.82) is 0 Å². The van der Waals surface area contributed by atoms with Crippen molar-refractivity contribution >= 4 is 5.91 Å². The van der Waals surface area contributed by atoms with Crippen molar-refractivity contribution in [2.45, 2.75) is 63.5 Å². The van der Waals surface area contributed by atoms with E-state index in [2.05, 4.69) is 34.9 Å². The second-order valence-corrected chi connectivity index (χ2v) is 6.80. The van der Waals surface area contributed by atoms with E-state index in [0.717, 1.165) is 19.4 Å². The van der Waals surface area contributed by atoms with Gasteiger partial charge in [0.1, 0.15) is 0 Å². The largest absolute Gasteiger partial charge is 0.348 e. The second kappa shape index (κ2) is 7.77. The van der Waals surface area contributed by atoms with Crippen LogP contribution in [0.25, 0.3) is 0 Å². The summed E-state index contributed by atoms with van der Waals surface area (Å²) in [6.07, 6.45) is 9.72. The minimum atomic E-state index is 0.00329. The van der Waals surface area contributed by atoms with E-state index in [1.165, 1.54) is 44.1 Å². The van der Waals surface area contributed by atoms with Gasteiger partial charge in [-0.1, -0.05) is 56.0 Å². The van der Waals surface area contributed by atoms with Gasteiger partial charge in [0.15, 0.2) is 0 Å². The van der Waals surface area contributed by atoms with E-state index in [0.29, 0.717) is 5.92 Å². The van der Waals surface area contributed by atoms with Crippen LogP contribution in [-0.4, -0.2) is 18.5 Å². The first-order chi connectivity index (χ1) is 10.8. The summed E-state index contributed by atoms with van der Waals surface area (Å²) < 4.78 is 0. The average molecular weight is 300 g/mol. The molecule has 120 valence electrons. The Morgan fingerprint density at radius 2 is 1.73 bits per heavy atom. The first-order valence-electron chi connectivity index (χ1n) is 8.93. The molecule has 2 unspecified atom stereocenters. The molecule has 2 N–H and O–H groups in total. The highest BCUT2D eigenvalue weighted by Crippen LogP contribution is 2.34. The summed E-state index contributed by atoms with van der Waals surface area (Å²) in [6.45, 7) is 0.970. The lowest BCUT2D eigenvalue weighted by atomic mass is 9.81. The summed E-state index contributed by atoms with van der Waals surface area (Å²) in [5, 5.41) is 6.74. The molecule has 1 heterocycles. The smallest absolute Gasteiger partial charge is 0.237 e. The number of benzene rings is 1. The van der Waals surface area contributed by atoms with Gasteiger partial charge < -0.3 is 10.6 Å². The van der Waals surface area contributed by atoms with Gasteiger partial charge in [-0.3, -0.25) is 4.79 Å². The predicted molar refractivity (Wildman–Crippen MR) is 89.5 cm³/mol. The molecule has 1 saturated heterocycles. The molecule has 0 radical (unpaired) electrons. The van der Waals surface area contributed by atoms with Crippen molar-refractivity contribution in [1.82, 2.24) is 10.6 Å². The number of nitrogens with one attached hydrogen (secondary N) is 2. The molecule has 0 bridgehead atoms. The Morgan fingerprint density at radius 1 is 1.00 bits per heavy atom. The highest BCUT2D eigenvalue weighted by Gasteiger charge is 2.29. The lowest BCUT2D eigenvalue weighted by Crippen LogP contribution is -2.48. The fourth-order valence-electron chi connectivity index (χ4n) is 3.93. The van der Waals surface area contributed by atoms with E-state index in [-0.39, 0.29) is 18.0 Å². The summed E-state index contributed by atoms with van der Waals surface area (Å²) in [7, 11) is 0. The number of amides is 1. The number of piperidine rings is 1. The van der Waals surface area contributed by atoms with E-state index in [4.69, 9.17) is 0 Å². The van der Waals surface area contributed by atoms with E-state index < -0.39 is 0 Å². The maximum absolute atomic E-state index is 12.7. The molecule has 0 aromatic heterocycles. The van der Waals surface area contributed by atoms with Gasteiger partial charge in [-0.05, 0) is 43.7 Å². The Labute approximate surface area is 133 Å². The van der Waals surface area contributed by atoms with Crippen LogP contribution in [0, 0.1) is 5.92 Å². The van der Waals surface area contributed by atoms with Crippen molar-refractivity contribution in [3.8, 4) is 0 Å². The normalized spacial score (nSPS) is 24.6. The zero-order valence-electron chi connectivity index (χ0n) is 13.4. The minimum Gasteiger partial charge on any atom is -0.348 e. The predicted octanol–water partition coefficient (Wildman–Crippen LogP) is 3.57. The quantitative estimate of drug-likeness (QED) is 0.892. The molecule has 2 fully saturated rings. The van der Waals surface area contributed by atoms with Crippen LogP contribution in [-0.2, 0) is 4.79 Å². The monoisotopic (exact) mass is 300 g/mol. The van der Waals surface area contributed by atoms with Crippen molar-refractivity contribution < 1.29 is 4.79 Å². The van der Waals surface area contributed by atoms with Gasteiger partial charge in [-0.25, -0.2) is 0 Å². The molecule has 3 nitrogen and oxygen atoms in total. The van der Waals surface area contributed by atoms with Crippen LogP contribution in [0.5, 0.6) is 0 Å². The fraction of sp³-hybridized carbons (Fsp3) is 0.632. The Bertz CT molecular complexity index is 462. The van der Waals surface area contributed by atoms with E-state index in [9.17, 15) is 4.79 Å². The lowest BCUT2D eigenvalue weighted by molar-refractivity contribution is -0.125. The number of hydrogen-bond donors (Lipinski definition) is 2. The Hall–Kier alpha value is -1.35. The summed E-state index contributed by atoms with van der Waals surface area (Å²) >= 11 is 0. The van der Waals surface area contributed by atoms with Crippen LogP contribution in [0.1, 0.15) is 63.0 Å². The molecule has 1 aliphatic heterocycles. The Balaban J connectivity index is 1.71. The molecule has 22 heavy (non-hydrogen) atoms. The number of carbonyl (C=O) groups is 1. The van der Waals surface area contributed by atoms with Gasteiger partial charge in [0.05, 0.1) is 12.1 Å². The van der Waals surface area contributed by atoms with E-state index >= 15 is 0 Å².